The van der Waals surface area contributed by atoms with Crippen LogP contribution in [0.1, 0.15) is 83.6 Å². The molecule has 0 unspecified atom stereocenters. The van der Waals surface area contributed by atoms with Crippen LogP contribution < -0.4 is 5.32 Å². The van der Waals surface area contributed by atoms with Crippen LogP contribution in [0, 0.1) is 0 Å². The quantitative estimate of drug-likeness (QED) is 0.268. The van der Waals surface area contributed by atoms with Crippen molar-refractivity contribution in [2.45, 2.75) is 90.6 Å². The topological polar surface area (TPSA) is 84.9 Å². The number of rotatable bonds is 14. The number of phenolic OH excluding ortho intramolecular Hbond substituents is 1. The lowest BCUT2D eigenvalue weighted by molar-refractivity contribution is -0.260. The third-order valence-electron chi connectivity index (χ3n) is 4.65. The minimum atomic E-state index is -0.671. The van der Waals surface area contributed by atoms with Crippen LogP contribution in [-0.2, 0) is 25.9 Å². The molecule has 0 aromatic heterocycles. The summed E-state index contributed by atoms with van der Waals surface area (Å²) < 4.78 is 0. The lowest BCUT2D eigenvalue weighted by Crippen LogP contribution is -2.35. The molecular weight excluding hydrogens is 358 g/mol. The van der Waals surface area contributed by atoms with Gasteiger partial charge in [-0.2, -0.15) is 0 Å². The van der Waals surface area contributed by atoms with Crippen LogP contribution in [0.3, 0.4) is 0 Å². The van der Waals surface area contributed by atoms with Crippen molar-refractivity contribution in [1.29, 1.82) is 0 Å². The van der Waals surface area contributed by atoms with E-state index in [2.05, 4.69) is 22.0 Å². The second kappa shape index (κ2) is 14.9. The Morgan fingerprint density at radius 1 is 0.964 bits per heavy atom. The predicted octanol–water partition coefficient (Wildman–Crippen LogP) is 4.79. The molecule has 0 amide bonds. The van der Waals surface area contributed by atoms with Crippen molar-refractivity contribution < 1.29 is 24.5 Å². The first-order chi connectivity index (χ1) is 13.5. The van der Waals surface area contributed by atoms with Crippen molar-refractivity contribution in [1.82, 2.24) is 5.32 Å². The van der Waals surface area contributed by atoms with E-state index >= 15 is 0 Å². The molecule has 0 bridgehead atoms. The van der Waals surface area contributed by atoms with Crippen molar-refractivity contribution in [3.05, 3.63) is 29.8 Å². The van der Waals surface area contributed by atoms with Gasteiger partial charge in [0.15, 0.2) is 0 Å². The molecule has 0 aliphatic carbocycles. The van der Waals surface area contributed by atoms with E-state index in [4.69, 9.17) is 0 Å². The second-order valence-electron chi connectivity index (χ2n) is 7.17. The molecule has 0 saturated heterocycles. The van der Waals surface area contributed by atoms with Crippen LogP contribution in [0.2, 0.25) is 0 Å². The summed E-state index contributed by atoms with van der Waals surface area (Å²) in [7, 11) is 0. The number of benzene rings is 1. The molecule has 0 spiro atoms. The second-order valence-corrected chi connectivity index (χ2v) is 7.17. The van der Waals surface area contributed by atoms with Gasteiger partial charge in [-0.1, -0.05) is 76.5 Å². The van der Waals surface area contributed by atoms with Gasteiger partial charge < -0.3 is 10.4 Å². The number of hydrogen-bond donors (Lipinski definition) is 2. The third kappa shape index (κ3) is 10.9. The molecule has 0 aliphatic rings. The minimum absolute atomic E-state index is 0.156. The molecule has 0 heterocycles. The van der Waals surface area contributed by atoms with Gasteiger partial charge in [0.05, 0.1) is 6.42 Å². The zero-order valence-electron chi connectivity index (χ0n) is 17.2. The number of unbranched alkanes of at least 4 members (excludes halogenated alkanes) is 8. The lowest BCUT2D eigenvalue weighted by atomic mass is 10.1. The average molecular weight is 394 g/mol. The van der Waals surface area contributed by atoms with Crippen molar-refractivity contribution in [2.75, 3.05) is 0 Å². The van der Waals surface area contributed by atoms with E-state index in [0.29, 0.717) is 12.1 Å². The summed E-state index contributed by atoms with van der Waals surface area (Å²) in [6, 6.07) is 6.19. The Labute approximate surface area is 168 Å². The lowest BCUT2D eigenvalue weighted by Gasteiger charge is -2.12. The molecule has 0 aliphatic heterocycles. The van der Waals surface area contributed by atoms with Gasteiger partial charge in [-0.05, 0) is 19.4 Å². The Bertz CT molecular complexity index is 576. The minimum Gasteiger partial charge on any atom is -0.508 e. The molecule has 28 heavy (non-hydrogen) atoms. The zero-order chi connectivity index (χ0) is 20.6. The summed E-state index contributed by atoms with van der Waals surface area (Å²) in [4.78, 5) is 32.7. The van der Waals surface area contributed by atoms with Gasteiger partial charge in [0.2, 0.25) is 0 Å². The Morgan fingerprint density at radius 3 is 2.21 bits per heavy atom. The number of carbonyl (C=O) groups excluding carboxylic acids is 2. The van der Waals surface area contributed by atoms with Crippen molar-refractivity contribution in [3.8, 4) is 5.75 Å². The fourth-order valence-corrected chi connectivity index (χ4v) is 2.79. The molecule has 6 heteroatoms. The van der Waals surface area contributed by atoms with Crippen LogP contribution in [0.4, 0.5) is 0 Å². The van der Waals surface area contributed by atoms with E-state index in [-0.39, 0.29) is 12.2 Å². The van der Waals surface area contributed by atoms with E-state index in [1.165, 1.54) is 38.5 Å². The van der Waals surface area contributed by atoms with Crippen LogP contribution in [0.15, 0.2) is 24.3 Å². The highest BCUT2D eigenvalue weighted by Crippen LogP contribution is 2.15. The number of phenols is 1. The van der Waals surface area contributed by atoms with Crippen LogP contribution in [-0.4, -0.2) is 23.1 Å². The number of para-hydroxylation sites is 1. The molecule has 158 valence electrons. The van der Waals surface area contributed by atoms with E-state index in [9.17, 15) is 14.7 Å². The van der Waals surface area contributed by atoms with Gasteiger partial charge >= 0.3 is 11.9 Å². The van der Waals surface area contributed by atoms with E-state index in [1.54, 1.807) is 31.2 Å². The van der Waals surface area contributed by atoms with Crippen LogP contribution in [0.25, 0.3) is 0 Å². The standard InChI is InChI=1S/C22H35NO5/c1-3-4-5-6-7-8-9-10-11-16-21(25)27-28-22(26)18(2)23-17-19-14-12-13-15-20(19)24/h12-15,18,23-24H,3-11,16-17H2,1-2H3/t18-/m0/s1. The van der Waals surface area contributed by atoms with Gasteiger partial charge in [-0.3, -0.25) is 0 Å². The summed E-state index contributed by atoms with van der Waals surface area (Å²) in [6.07, 6.45) is 10.7. The number of carbonyl (C=O) groups is 2. The highest BCUT2D eigenvalue weighted by molar-refractivity contribution is 5.76. The van der Waals surface area contributed by atoms with E-state index < -0.39 is 18.0 Å². The SMILES string of the molecule is CCCCCCCCCCCC(=O)OOC(=O)[C@H](C)NCc1ccccc1O. The third-order valence-corrected chi connectivity index (χ3v) is 4.65. The Morgan fingerprint density at radius 2 is 1.57 bits per heavy atom. The molecule has 2 N–H and O–H groups in total. The molecule has 1 rings (SSSR count). The monoisotopic (exact) mass is 393 g/mol. The Balaban J connectivity index is 2.06. The first kappa shape index (κ1) is 24.0. The molecule has 6 nitrogen and oxygen atoms in total. The highest BCUT2D eigenvalue weighted by atomic mass is 17.2. The summed E-state index contributed by atoms with van der Waals surface area (Å²) in [6.45, 7) is 4.12. The maximum Gasteiger partial charge on any atom is 0.372 e. The van der Waals surface area contributed by atoms with E-state index in [0.717, 1.165) is 19.3 Å². The van der Waals surface area contributed by atoms with Crippen LogP contribution in [0.5, 0.6) is 5.75 Å². The average Bonchev–Trinajstić information content (AvgIpc) is 2.69. The van der Waals surface area contributed by atoms with Gasteiger partial charge in [-0.15, -0.1) is 0 Å². The molecule has 1 aromatic rings. The number of hydrogen-bond acceptors (Lipinski definition) is 6. The Kier molecular flexibility index (Phi) is 12.8. The zero-order valence-corrected chi connectivity index (χ0v) is 17.2. The molecule has 1 aromatic carbocycles. The molecule has 0 radical (unpaired) electrons. The first-order valence-corrected chi connectivity index (χ1v) is 10.5. The van der Waals surface area contributed by atoms with Crippen molar-refractivity contribution >= 4 is 11.9 Å². The number of aromatic hydroxyl groups is 1. The molecule has 0 saturated carbocycles. The predicted molar refractivity (Wildman–Crippen MR) is 108 cm³/mol. The normalized spacial score (nSPS) is 11.8. The number of nitrogens with one attached hydrogen (secondary N) is 1. The fraction of sp³-hybridized carbons (Fsp3) is 0.636. The van der Waals surface area contributed by atoms with Gasteiger partial charge in [0, 0.05) is 12.1 Å². The van der Waals surface area contributed by atoms with Gasteiger partial charge in [0.25, 0.3) is 0 Å². The largest absolute Gasteiger partial charge is 0.508 e. The van der Waals surface area contributed by atoms with Gasteiger partial charge in [-0.25, -0.2) is 19.4 Å². The van der Waals surface area contributed by atoms with Crippen molar-refractivity contribution in [2.24, 2.45) is 0 Å². The van der Waals surface area contributed by atoms with Crippen molar-refractivity contribution in [3.63, 3.8) is 0 Å². The van der Waals surface area contributed by atoms with E-state index in [1.807, 2.05) is 0 Å². The fourth-order valence-electron chi connectivity index (χ4n) is 2.79. The molecule has 0 fully saturated rings. The summed E-state index contributed by atoms with van der Waals surface area (Å²) in [5.41, 5.74) is 0.671. The summed E-state index contributed by atoms with van der Waals surface area (Å²) in [5, 5.41) is 12.6. The highest BCUT2D eigenvalue weighted by Gasteiger charge is 2.17. The first-order valence-electron chi connectivity index (χ1n) is 10.5. The maximum atomic E-state index is 11.9. The smallest absolute Gasteiger partial charge is 0.372 e. The van der Waals surface area contributed by atoms with Crippen LogP contribution >= 0.6 is 0 Å². The summed E-state index contributed by atoms with van der Waals surface area (Å²) >= 11 is 0. The molecular formula is C22H35NO5. The Hall–Kier alpha value is -2.08. The summed E-state index contributed by atoms with van der Waals surface area (Å²) in [5.74, 6) is -1.04. The molecule has 1 atom stereocenters. The van der Waals surface area contributed by atoms with Gasteiger partial charge in [0.1, 0.15) is 11.8 Å². The maximum absolute atomic E-state index is 11.9.